The lowest BCUT2D eigenvalue weighted by Crippen LogP contribution is -2.42. The number of ether oxygens (including phenoxy) is 1. The van der Waals surface area contributed by atoms with E-state index in [4.69, 9.17) is 4.74 Å². The molecule has 0 bridgehead atoms. The topological polar surface area (TPSA) is 70.7 Å². The van der Waals surface area contributed by atoms with Crippen molar-refractivity contribution in [3.05, 3.63) is 28.7 Å². The summed E-state index contributed by atoms with van der Waals surface area (Å²) in [6.07, 6.45) is 2.25. The van der Waals surface area contributed by atoms with Gasteiger partial charge in [0.1, 0.15) is 5.60 Å². The molecule has 150 valence electrons. The smallest absolute Gasteiger partial charge is 0.407 e. The van der Waals surface area contributed by atoms with Gasteiger partial charge in [-0.05, 0) is 64.3 Å². The van der Waals surface area contributed by atoms with Crippen LogP contribution in [0.15, 0.2) is 28.7 Å². The van der Waals surface area contributed by atoms with Crippen LogP contribution in [0.2, 0.25) is 0 Å². The summed E-state index contributed by atoms with van der Waals surface area (Å²) in [5, 5.41) is 5.79. The van der Waals surface area contributed by atoms with Gasteiger partial charge in [0, 0.05) is 36.2 Å². The first-order chi connectivity index (χ1) is 12.7. The molecule has 2 amide bonds. The van der Waals surface area contributed by atoms with Gasteiger partial charge in [-0.15, -0.1) is 0 Å². The molecular formula is C20H30BrN3O3. The van der Waals surface area contributed by atoms with Crippen molar-refractivity contribution in [3.8, 4) is 0 Å². The van der Waals surface area contributed by atoms with Crippen molar-refractivity contribution in [1.82, 2.24) is 10.2 Å². The number of hydrogen-bond donors (Lipinski definition) is 2. The van der Waals surface area contributed by atoms with Crippen molar-refractivity contribution >= 4 is 33.6 Å². The van der Waals surface area contributed by atoms with E-state index in [-0.39, 0.29) is 12.0 Å². The summed E-state index contributed by atoms with van der Waals surface area (Å²) in [4.78, 5) is 26.3. The van der Waals surface area contributed by atoms with E-state index in [1.807, 2.05) is 45.0 Å². The Bertz CT molecular complexity index is 646. The van der Waals surface area contributed by atoms with Crippen LogP contribution in [0.25, 0.3) is 0 Å². The first kappa shape index (κ1) is 21.7. The first-order valence-corrected chi connectivity index (χ1v) is 10.3. The summed E-state index contributed by atoms with van der Waals surface area (Å²) in [7, 11) is 0. The van der Waals surface area contributed by atoms with E-state index in [2.05, 4.69) is 31.5 Å². The van der Waals surface area contributed by atoms with Crippen LogP contribution in [0.4, 0.5) is 10.5 Å². The van der Waals surface area contributed by atoms with Gasteiger partial charge < -0.3 is 20.3 Å². The summed E-state index contributed by atoms with van der Waals surface area (Å²) in [6.45, 7) is 8.78. The van der Waals surface area contributed by atoms with E-state index in [1.165, 1.54) is 0 Å². The third-order valence-corrected chi connectivity index (χ3v) is 4.79. The van der Waals surface area contributed by atoms with Gasteiger partial charge in [-0.25, -0.2) is 4.79 Å². The number of alkyl carbamates (subject to hydrolysis) is 1. The molecule has 1 aliphatic rings. The Labute approximate surface area is 170 Å². The predicted molar refractivity (Wildman–Crippen MR) is 111 cm³/mol. The van der Waals surface area contributed by atoms with Gasteiger partial charge in [-0.1, -0.05) is 22.0 Å². The van der Waals surface area contributed by atoms with Crippen LogP contribution in [0.5, 0.6) is 0 Å². The number of nitrogens with one attached hydrogen (secondary N) is 2. The normalized spacial score (nSPS) is 18.0. The van der Waals surface area contributed by atoms with Crippen molar-refractivity contribution < 1.29 is 14.3 Å². The maximum Gasteiger partial charge on any atom is 0.407 e. The van der Waals surface area contributed by atoms with E-state index in [9.17, 15) is 9.59 Å². The fourth-order valence-electron chi connectivity index (χ4n) is 3.11. The van der Waals surface area contributed by atoms with Gasteiger partial charge in [0.25, 0.3) is 0 Å². The molecule has 0 saturated carbocycles. The van der Waals surface area contributed by atoms with E-state index in [0.717, 1.165) is 42.6 Å². The number of likely N-dealkylation sites (tertiary alicyclic amines) is 1. The fourth-order valence-corrected chi connectivity index (χ4v) is 3.51. The van der Waals surface area contributed by atoms with Crippen LogP contribution in [-0.4, -0.2) is 48.7 Å². The third kappa shape index (κ3) is 8.75. The lowest BCUT2D eigenvalue weighted by Gasteiger charge is -2.32. The molecule has 1 unspecified atom stereocenters. The molecule has 1 aromatic carbocycles. The monoisotopic (exact) mass is 439 g/mol. The van der Waals surface area contributed by atoms with Crippen molar-refractivity contribution in [2.24, 2.45) is 5.92 Å². The summed E-state index contributed by atoms with van der Waals surface area (Å²) in [6, 6.07) is 7.58. The van der Waals surface area contributed by atoms with Crippen molar-refractivity contribution in [2.75, 3.05) is 31.5 Å². The zero-order chi connectivity index (χ0) is 19.9. The van der Waals surface area contributed by atoms with E-state index < -0.39 is 5.60 Å². The highest BCUT2D eigenvalue weighted by Crippen LogP contribution is 2.18. The van der Waals surface area contributed by atoms with Crippen molar-refractivity contribution in [1.29, 1.82) is 0 Å². The van der Waals surface area contributed by atoms with Gasteiger partial charge in [0.2, 0.25) is 5.91 Å². The molecule has 0 aliphatic carbocycles. The number of hydrogen-bond acceptors (Lipinski definition) is 4. The molecule has 1 aromatic rings. The van der Waals surface area contributed by atoms with Crippen LogP contribution >= 0.6 is 15.9 Å². The number of rotatable bonds is 6. The molecule has 0 radical (unpaired) electrons. The second-order valence-corrected chi connectivity index (χ2v) is 8.92. The average Bonchev–Trinajstić information content (AvgIpc) is 2.57. The average molecular weight is 440 g/mol. The van der Waals surface area contributed by atoms with Crippen LogP contribution in [0, 0.1) is 5.92 Å². The Hall–Kier alpha value is -1.60. The third-order valence-electron chi connectivity index (χ3n) is 4.30. The number of halogens is 1. The minimum absolute atomic E-state index is 0.0158. The number of benzene rings is 1. The van der Waals surface area contributed by atoms with E-state index in [1.54, 1.807) is 0 Å². The molecule has 2 rings (SSSR count). The summed E-state index contributed by atoms with van der Waals surface area (Å²) >= 11 is 3.40. The van der Waals surface area contributed by atoms with Gasteiger partial charge in [0.05, 0.1) is 0 Å². The minimum atomic E-state index is -0.482. The highest BCUT2D eigenvalue weighted by atomic mass is 79.9. The molecule has 2 N–H and O–H groups in total. The Kier molecular flexibility index (Phi) is 8.10. The SMILES string of the molecule is CC(C)(C)OC(=O)NCC1CCCN(CCC(=O)Nc2cccc(Br)c2)C1. The number of amides is 2. The number of carbonyl (C=O) groups is 2. The maximum atomic E-state index is 12.2. The number of piperidine rings is 1. The molecular weight excluding hydrogens is 410 g/mol. The second kappa shape index (κ2) is 10.1. The van der Waals surface area contributed by atoms with Gasteiger partial charge in [0.15, 0.2) is 0 Å². The predicted octanol–water partition coefficient (Wildman–Crippen LogP) is 4.01. The first-order valence-electron chi connectivity index (χ1n) is 9.46. The summed E-state index contributed by atoms with van der Waals surface area (Å²) in [5.41, 5.74) is 0.317. The molecule has 7 heteroatoms. The highest BCUT2D eigenvalue weighted by molar-refractivity contribution is 9.10. The largest absolute Gasteiger partial charge is 0.444 e. The molecule has 0 aromatic heterocycles. The Morgan fingerprint density at radius 3 is 2.81 bits per heavy atom. The number of carbonyl (C=O) groups excluding carboxylic acids is 2. The van der Waals surface area contributed by atoms with Crippen molar-refractivity contribution in [2.45, 2.75) is 45.6 Å². The van der Waals surface area contributed by atoms with Gasteiger partial charge >= 0.3 is 6.09 Å². The fraction of sp³-hybridized carbons (Fsp3) is 0.600. The Morgan fingerprint density at radius 1 is 1.33 bits per heavy atom. The number of nitrogens with zero attached hydrogens (tertiary/aromatic N) is 1. The molecule has 27 heavy (non-hydrogen) atoms. The zero-order valence-corrected chi connectivity index (χ0v) is 18.0. The van der Waals surface area contributed by atoms with Crippen LogP contribution in [0.3, 0.4) is 0 Å². The Morgan fingerprint density at radius 2 is 2.11 bits per heavy atom. The maximum absolute atomic E-state index is 12.2. The molecule has 1 aliphatic heterocycles. The molecule has 6 nitrogen and oxygen atoms in total. The lowest BCUT2D eigenvalue weighted by atomic mass is 9.98. The molecule has 0 spiro atoms. The molecule has 1 fully saturated rings. The molecule has 1 saturated heterocycles. The molecule has 1 atom stereocenters. The summed E-state index contributed by atoms with van der Waals surface area (Å²) in [5.74, 6) is 0.404. The van der Waals surface area contributed by atoms with Crippen LogP contribution < -0.4 is 10.6 Å². The Balaban J connectivity index is 1.69. The van der Waals surface area contributed by atoms with Crippen LogP contribution in [-0.2, 0) is 9.53 Å². The lowest BCUT2D eigenvalue weighted by molar-refractivity contribution is -0.116. The van der Waals surface area contributed by atoms with Crippen LogP contribution in [0.1, 0.15) is 40.0 Å². The zero-order valence-electron chi connectivity index (χ0n) is 16.4. The standard InChI is InChI=1S/C20H30BrN3O3/c1-20(2,3)27-19(26)22-13-15-6-5-10-24(14-15)11-9-18(25)23-17-8-4-7-16(21)12-17/h4,7-8,12,15H,5-6,9-11,13-14H2,1-3H3,(H,22,26)(H,23,25). The quantitative estimate of drug-likeness (QED) is 0.701. The minimum Gasteiger partial charge on any atom is -0.444 e. The van der Waals surface area contributed by atoms with E-state index >= 15 is 0 Å². The van der Waals surface area contributed by atoms with Crippen molar-refractivity contribution in [3.63, 3.8) is 0 Å². The number of anilines is 1. The van der Waals surface area contributed by atoms with E-state index in [0.29, 0.717) is 18.9 Å². The molecule has 1 heterocycles. The van der Waals surface area contributed by atoms with Gasteiger partial charge in [-0.2, -0.15) is 0 Å². The summed E-state index contributed by atoms with van der Waals surface area (Å²) < 4.78 is 6.22. The highest BCUT2D eigenvalue weighted by Gasteiger charge is 2.22. The van der Waals surface area contributed by atoms with Gasteiger partial charge in [-0.3, -0.25) is 4.79 Å². The second-order valence-electron chi connectivity index (χ2n) is 8.00.